The van der Waals surface area contributed by atoms with Crippen molar-refractivity contribution in [3.63, 3.8) is 0 Å². The number of hydrogen-bond donors (Lipinski definition) is 1. The SMILES string of the molecule is Cl.N[C@@H](CF)c1cc(F)cc(F)c1F. The highest BCUT2D eigenvalue weighted by molar-refractivity contribution is 5.85. The number of hydrogen-bond acceptors (Lipinski definition) is 1. The van der Waals surface area contributed by atoms with E-state index in [4.69, 9.17) is 5.73 Å². The van der Waals surface area contributed by atoms with Gasteiger partial charge >= 0.3 is 0 Å². The Hall–Kier alpha value is -0.810. The van der Waals surface area contributed by atoms with Crippen LogP contribution >= 0.6 is 12.4 Å². The van der Waals surface area contributed by atoms with Crippen molar-refractivity contribution in [3.05, 3.63) is 35.1 Å². The highest BCUT2D eigenvalue weighted by Crippen LogP contribution is 2.19. The van der Waals surface area contributed by atoms with E-state index >= 15 is 0 Å². The summed E-state index contributed by atoms with van der Waals surface area (Å²) in [5.74, 6) is -3.64. The van der Waals surface area contributed by atoms with Gasteiger partial charge in [-0.3, -0.25) is 0 Å². The molecule has 0 aliphatic heterocycles. The molecule has 0 aliphatic rings. The number of halogens is 5. The van der Waals surface area contributed by atoms with Gasteiger partial charge in [0.1, 0.15) is 12.5 Å². The van der Waals surface area contributed by atoms with Crippen LogP contribution in [0.1, 0.15) is 11.6 Å². The molecular formula is C8H8ClF4N. The van der Waals surface area contributed by atoms with Crippen LogP contribution in [0.5, 0.6) is 0 Å². The average molecular weight is 230 g/mol. The van der Waals surface area contributed by atoms with Crippen molar-refractivity contribution >= 4 is 12.4 Å². The molecular weight excluding hydrogens is 222 g/mol. The Bertz CT molecular complexity index is 318. The minimum absolute atomic E-state index is 0. The normalized spacial score (nSPS) is 12.1. The van der Waals surface area contributed by atoms with E-state index in [-0.39, 0.29) is 12.4 Å². The van der Waals surface area contributed by atoms with E-state index in [0.29, 0.717) is 12.1 Å². The summed E-state index contributed by atoms with van der Waals surface area (Å²) in [6, 6.07) is -0.267. The molecule has 1 rings (SSSR count). The van der Waals surface area contributed by atoms with Gasteiger partial charge in [0.25, 0.3) is 0 Å². The Morgan fingerprint density at radius 1 is 1.21 bits per heavy atom. The van der Waals surface area contributed by atoms with Crippen molar-refractivity contribution in [1.29, 1.82) is 0 Å². The minimum atomic E-state index is -1.36. The van der Waals surface area contributed by atoms with Crippen LogP contribution in [0.15, 0.2) is 12.1 Å². The molecule has 1 atom stereocenters. The molecule has 0 aliphatic carbocycles. The monoisotopic (exact) mass is 229 g/mol. The topological polar surface area (TPSA) is 26.0 Å². The molecule has 1 aromatic carbocycles. The molecule has 0 amide bonds. The van der Waals surface area contributed by atoms with E-state index in [2.05, 4.69) is 0 Å². The van der Waals surface area contributed by atoms with E-state index in [1.165, 1.54) is 0 Å². The summed E-state index contributed by atoms with van der Waals surface area (Å²) in [4.78, 5) is 0. The highest BCUT2D eigenvalue weighted by atomic mass is 35.5. The van der Waals surface area contributed by atoms with Crippen molar-refractivity contribution in [2.45, 2.75) is 6.04 Å². The molecule has 0 unspecified atom stereocenters. The Balaban J connectivity index is 0.00000169. The average Bonchev–Trinajstić information content (AvgIpc) is 2.10. The molecule has 0 saturated carbocycles. The van der Waals surface area contributed by atoms with Crippen molar-refractivity contribution in [3.8, 4) is 0 Å². The molecule has 1 aromatic rings. The van der Waals surface area contributed by atoms with Gasteiger partial charge in [0.05, 0.1) is 6.04 Å². The number of benzene rings is 1. The van der Waals surface area contributed by atoms with Gasteiger partial charge in [0, 0.05) is 11.6 Å². The zero-order valence-corrected chi connectivity index (χ0v) is 7.75. The predicted octanol–water partition coefficient (Wildman–Crippen LogP) is 2.50. The molecule has 0 aromatic heterocycles. The standard InChI is InChI=1S/C8H7F4N.ClH/c9-3-7(13)5-1-4(10)2-6(11)8(5)12;/h1-2,7H,3,13H2;1H/t7-;/m0./s1. The molecule has 0 fully saturated rings. The van der Waals surface area contributed by atoms with E-state index in [9.17, 15) is 17.6 Å². The maximum Gasteiger partial charge on any atom is 0.163 e. The molecule has 0 spiro atoms. The fraction of sp³-hybridized carbons (Fsp3) is 0.250. The van der Waals surface area contributed by atoms with Crippen LogP contribution in [-0.4, -0.2) is 6.67 Å². The summed E-state index contributed by atoms with van der Waals surface area (Å²) in [6.45, 7) is -1.07. The van der Waals surface area contributed by atoms with Gasteiger partial charge in [-0.15, -0.1) is 12.4 Å². The van der Waals surface area contributed by atoms with Crippen LogP contribution in [0.2, 0.25) is 0 Å². The molecule has 80 valence electrons. The first kappa shape index (κ1) is 13.2. The summed E-state index contributed by atoms with van der Waals surface area (Å²) in [5, 5.41) is 0. The first-order valence-corrected chi connectivity index (χ1v) is 3.52. The van der Waals surface area contributed by atoms with Gasteiger partial charge in [0.15, 0.2) is 11.6 Å². The zero-order valence-electron chi connectivity index (χ0n) is 6.94. The zero-order chi connectivity index (χ0) is 10.0. The second-order valence-corrected chi connectivity index (χ2v) is 2.55. The summed E-state index contributed by atoms with van der Waals surface area (Å²) in [6.07, 6.45) is 0. The second kappa shape index (κ2) is 5.17. The van der Waals surface area contributed by atoms with Gasteiger partial charge in [-0.25, -0.2) is 17.6 Å². The minimum Gasteiger partial charge on any atom is -0.322 e. The quantitative estimate of drug-likeness (QED) is 0.612. The fourth-order valence-electron chi connectivity index (χ4n) is 0.929. The maximum absolute atomic E-state index is 12.8. The van der Waals surface area contributed by atoms with E-state index in [1.54, 1.807) is 0 Å². The molecule has 0 bridgehead atoms. The summed E-state index contributed by atoms with van der Waals surface area (Å²) in [7, 11) is 0. The van der Waals surface area contributed by atoms with Crippen LogP contribution in [0.25, 0.3) is 0 Å². The van der Waals surface area contributed by atoms with Crippen LogP contribution in [-0.2, 0) is 0 Å². The first-order valence-electron chi connectivity index (χ1n) is 3.52. The molecule has 0 heterocycles. The Morgan fingerprint density at radius 3 is 2.29 bits per heavy atom. The summed E-state index contributed by atoms with van der Waals surface area (Å²) >= 11 is 0. The third-order valence-electron chi connectivity index (χ3n) is 1.59. The van der Waals surface area contributed by atoms with Crippen molar-refractivity contribution in [2.75, 3.05) is 6.67 Å². The van der Waals surface area contributed by atoms with Gasteiger partial charge in [-0.2, -0.15) is 0 Å². The fourth-order valence-corrected chi connectivity index (χ4v) is 0.929. The van der Waals surface area contributed by atoms with Crippen molar-refractivity contribution in [1.82, 2.24) is 0 Å². The number of alkyl halides is 1. The third kappa shape index (κ3) is 2.59. The van der Waals surface area contributed by atoms with Crippen LogP contribution < -0.4 is 5.73 Å². The smallest absolute Gasteiger partial charge is 0.163 e. The summed E-state index contributed by atoms with van der Waals surface area (Å²) in [5.41, 5.74) is 4.60. The molecule has 14 heavy (non-hydrogen) atoms. The van der Waals surface area contributed by atoms with E-state index < -0.39 is 35.7 Å². The van der Waals surface area contributed by atoms with E-state index in [0.717, 1.165) is 0 Å². The van der Waals surface area contributed by atoms with Gasteiger partial charge in [0.2, 0.25) is 0 Å². The molecule has 1 nitrogen and oxygen atoms in total. The third-order valence-corrected chi connectivity index (χ3v) is 1.59. The summed E-state index contributed by atoms with van der Waals surface area (Å²) < 4.78 is 49.9. The molecule has 0 saturated heterocycles. The highest BCUT2D eigenvalue weighted by Gasteiger charge is 2.16. The van der Waals surface area contributed by atoms with Gasteiger partial charge in [-0.1, -0.05) is 0 Å². The Morgan fingerprint density at radius 2 is 1.79 bits per heavy atom. The van der Waals surface area contributed by atoms with Crippen LogP contribution in [0, 0.1) is 17.5 Å². The number of nitrogens with two attached hydrogens (primary N) is 1. The van der Waals surface area contributed by atoms with Crippen LogP contribution in [0.3, 0.4) is 0 Å². The first-order chi connectivity index (χ1) is 6.06. The molecule has 6 heteroatoms. The lowest BCUT2D eigenvalue weighted by Gasteiger charge is -2.08. The maximum atomic E-state index is 12.8. The second-order valence-electron chi connectivity index (χ2n) is 2.55. The predicted molar refractivity (Wildman–Crippen MR) is 46.5 cm³/mol. The molecule has 0 radical (unpaired) electrons. The largest absolute Gasteiger partial charge is 0.322 e. The van der Waals surface area contributed by atoms with Gasteiger partial charge in [-0.05, 0) is 6.07 Å². The van der Waals surface area contributed by atoms with Crippen LogP contribution in [0.4, 0.5) is 17.6 Å². The lowest BCUT2D eigenvalue weighted by Crippen LogP contribution is -2.15. The molecule has 2 N–H and O–H groups in total. The Kier molecular flexibility index (Phi) is 4.87. The Labute approximate surface area is 84.3 Å². The lowest BCUT2D eigenvalue weighted by atomic mass is 10.1. The lowest BCUT2D eigenvalue weighted by molar-refractivity contribution is 0.413. The number of rotatable bonds is 2. The van der Waals surface area contributed by atoms with Crippen molar-refractivity contribution < 1.29 is 17.6 Å². The van der Waals surface area contributed by atoms with Gasteiger partial charge < -0.3 is 5.73 Å². The van der Waals surface area contributed by atoms with Crippen molar-refractivity contribution in [2.24, 2.45) is 5.73 Å². The van der Waals surface area contributed by atoms with E-state index in [1.807, 2.05) is 0 Å².